The van der Waals surface area contributed by atoms with Gasteiger partial charge in [-0.25, -0.2) is 9.59 Å². The van der Waals surface area contributed by atoms with Gasteiger partial charge in [-0.1, -0.05) is 50.2 Å². The van der Waals surface area contributed by atoms with Crippen LogP contribution in [0.1, 0.15) is 47.4 Å². The Morgan fingerprint density at radius 3 is 1.81 bits per heavy atom. The van der Waals surface area contributed by atoms with Crippen molar-refractivity contribution in [3.63, 3.8) is 0 Å². The molecule has 0 aliphatic heterocycles. The van der Waals surface area contributed by atoms with E-state index in [0.717, 1.165) is 12.8 Å². The van der Waals surface area contributed by atoms with Crippen LogP contribution < -0.4 is 0 Å². The Balaban J connectivity index is 1.63. The molecule has 0 fully saturated rings. The van der Waals surface area contributed by atoms with Crippen LogP contribution in [0.5, 0.6) is 0 Å². The first-order valence-corrected chi connectivity index (χ1v) is 9.00. The van der Waals surface area contributed by atoms with Crippen LogP contribution in [-0.2, 0) is 9.47 Å². The molecule has 0 bridgehead atoms. The summed E-state index contributed by atoms with van der Waals surface area (Å²) in [5.74, 6) is 0.0519. The van der Waals surface area contributed by atoms with Crippen molar-refractivity contribution in [2.75, 3.05) is 13.2 Å². The molecule has 2 rings (SSSR count). The van der Waals surface area contributed by atoms with Gasteiger partial charge in [-0.05, 0) is 48.9 Å². The summed E-state index contributed by atoms with van der Waals surface area (Å²) in [6.45, 7) is 4.96. The van der Waals surface area contributed by atoms with Gasteiger partial charge in [0.2, 0.25) is 0 Å². The van der Waals surface area contributed by atoms with Gasteiger partial charge in [-0.2, -0.15) is 0 Å². The maximum absolute atomic E-state index is 11.9. The zero-order chi connectivity index (χ0) is 18.8. The molecule has 0 heterocycles. The van der Waals surface area contributed by atoms with E-state index in [2.05, 4.69) is 13.8 Å². The molecule has 0 saturated heterocycles. The van der Waals surface area contributed by atoms with Gasteiger partial charge in [0.1, 0.15) is 0 Å². The average Bonchev–Trinajstić information content (AvgIpc) is 2.67. The van der Waals surface area contributed by atoms with E-state index in [4.69, 9.17) is 9.47 Å². The minimum Gasteiger partial charge on any atom is -0.462 e. The van der Waals surface area contributed by atoms with E-state index in [9.17, 15) is 9.59 Å². The van der Waals surface area contributed by atoms with E-state index in [1.807, 2.05) is 36.4 Å². The van der Waals surface area contributed by atoms with E-state index in [-0.39, 0.29) is 17.9 Å². The number of hydrogen-bond acceptors (Lipinski definition) is 4. The summed E-state index contributed by atoms with van der Waals surface area (Å²) in [6, 6.07) is 18.0. The fraction of sp³-hybridized carbons (Fsp3) is 0.364. The van der Waals surface area contributed by atoms with Gasteiger partial charge >= 0.3 is 11.9 Å². The minimum atomic E-state index is -0.290. The summed E-state index contributed by atoms with van der Waals surface area (Å²) in [7, 11) is 0. The van der Waals surface area contributed by atoms with Gasteiger partial charge in [0, 0.05) is 0 Å². The summed E-state index contributed by atoms with van der Waals surface area (Å²) < 4.78 is 10.7. The fourth-order valence-electron chi connectivity index (χ4n) is 2.76. The Hall–Kier alpha value is -2.62. The lowest BCUT2D eigenvalue weighted by atomic mass is 9.95. The summed E-state index contributed by atoms with van der Waals surface area (Å²) in [5.41, 5.74) is 1.14. The second-order valence-corrected chi connectivity index (χ2v) is 6.70. The smallest absolute Gasteiger partial charge is 0.338 e. The molecular formula is C22H26O4. The van der Waals surface area contributed by atoms with Crippen LogP contribution >= 0.6 is 0 Å². The summed E-state index contributed by atoms with van der Waals surface area (Å²) in [5, 5.41) is 0. The molecule has 4 nitrogen and oxygen atoms in total. The molecule has 0 aromatic heterocycles. The molecular weight excluding hydrogens is 328 g/mol. The largest absolute Gasteiger partial charge is 0.462 e. The molecule has 0 spiro atoms. The third-order valence-corrected chi connectivity index (χ3v) is 4.17. The first kappa shape index (κ1) is 19.7. The van der Waals surface area contributed by atoms with E-state index in [1.165, 1.54) is 0 Å². The van der Waals surface area contributed by atoms with Crippen LogP contribution in [0.2, 0.25) is 0 Å². The zero-order valence-corrected chi connectivity index (χ0v) is 15.4. The third kappa shape index (κ3) is 6.71. The van der Waals surface area contributed by atoms with E-state index in [0.29, 0.717) is 30.3 Å². The molecule has 0 unspecified atom stereocenters. The highest BCUT2D eigenvalue weighted by atomic mass is 16.5. The van der Waals surface area contributed by atoms with Gasteiger partial charge in [0.25, 0.3) is 0 Å². The van der Waals surface area contributed by atoms with Crippen LogP contribution in [0.3, 0.4) is 0 Å². The number of carbonyl (C=O) groups excluding carboxylic acids is 2. The molecule has 0 radical (unpaired) electrons. The van der Waals surface area contributed by atoms with Crippen molar-refractivity contribution < 1.29 is 19.1 Å². The molecule has 0 aliphatic rings. The van der Waals surface area contributed by atoms with Crippen LogP contribution in [0, 0.1) is 11.8 Å². The van der Waals surface area contributed by atoms with Gasteiger partial charge < -0.3 is 9.47 Å². The maximum Gasteiger partial charge on any atom is 0.338 e. The van der Waals surface area contributed by atoms with Crippen molar-refractivity contribution in [3.05, 3.63) is 71.8 Å². The number of ether oxygens (including phenoxy) is 2. The quantitative estimate of drug-likeness (QED) is 0.610. The Kier molecular flexibility index (Phi) is 7.87. The molecule has 0 amide bonds. The Labute approximate surface area is 155 Å². The van der Waals surface area contributed by atoms with Crippen molar-refractivity contribution in [2.45, 2.75) is 26.7 Å². The molecule has 2 aromatic rings. The Morgan fingerprint density at radius 1 is 0.769 bits per heavy atom. The number of carbonyl (C=O) groups is 2. The maximum atomic E-state index is 11.9. The number of benzene rings is 2. The van der Waals surface area contributed by atoms with Gasteiger partial charge in [0.05, 0.1) is 24.3 Å². The number of hydrogen-bond donors (Lipinski definition) is 0. The van der Waals surface area contributed by atoms with Crippen molar-refractivity contribution >= 4 is 11.9 Å². The van der Waals surface area contributed by atoms with Crippen LogP contribution in [0.4, 0.5) is 0 Å². The molecule has 0 aliphatic carbocycles. The number of rotatable bonds is 9. The van der Waals surface area contributed by atoms with Crippen molar-refractivity contribution in [2.24, 2.45) is 11.8 Å². The van der Waals surface area contributed by atoms with Crippen molar-refractivity contribution in [1.82, 2.24) is 0 Å². The standard InChI is InChI=1S/C22H26O4/c1-17(13-14-25-21(23)19-9-5-3-6-10-19)15-18(2)16-26-22(24)20-11-7-4-8-12-20/h3-12,17-18H,13-16H2,1-2H3/t17-,18+/m1/s1. The lowest BCUT2D eigenvalue weighted by Crippen LogP contribution is -2.16. The van der Waals surface area contributed by atoms with Gasteiger partial charge in [-0.15, -0.1) is 0 Å². The lowest BCUT2D eigenvalue weighted by molar-refractivity contribution is 0.0409. The summed E-state index contributed by atoms with van der Waals surface area (Å²) in [6.07, 6.45) is 1.69. The average molecular weight is 354 g/mol. The third-order valence-electron chi connectivity index (χ3n) is 4.17. The Bertz CT molecular complexity index is 682. The highest BCUT2D eigenvalue weighted by Gasteiger charge is 2.14. The number of esters is 2. The first-order chi connectivity index (χ1) is 12.6. The molecule has 0 saturated carbocycles. The topological polar surface area (TPSA) is 52.6 Å². The summed E-state index contributed by atoms with van der Waals surface area (Å²) in [4.78, 5) is 23.8. The molecule has 4 heteroatoms. The van der Waals surface area contributed by atoms with E-state index in [1.54, 1.807) is 24.3 Å². The fourth-order valence-corrected chi connectivity index (χ4v) is 2.76. The van der Waals surface area contributed by atoms with Gasteiger partial charge in [0.15, 0.2) is 0 Å². The van der Waals surface area contributed by atoms with Crippen LogP contribution in [0.25, 0.3) is 0 Å². The first-order valence-electron chi connectivity index (χ1n) is 9.00. The van der Waals surface area contributed by atoms with Gasteiger partial charge in [-0.3, -0.25) is 0 Å². The van der Waals surface area contributed by atoms with E-state index < -0.39 is 0 Å². The predicted octanol–water partition coefficient (Wildman–Crippen LogP) is 4.75. The Morgan fingerprint density at radius 2 is 1.27 bits per heavy atom. The predicted molar refractivity (Wildman–Crippen MR) is 101 cm³/mol. The van der Waals surface area contributed by atoms with Crippen molar-refractivity contribution in [3.8, 4) is 0 Å². The van der Waals surface area contributed by atoms with Crippen LogP contribution in [0.15, 0.2) is 60.7 Å². The molecule has 2 atom stereocenters. The van der Waals surface area contributed by atoms with E-state index >= 15 is 0 Å². The van der Waals surface area contributed by atoms with Crippen molar-refractivity contribution in [1.29, 1.82) is 0 Å². The molecule has 138 valence electrons. The highest BCUT2D eigenvalue weighted by molar-refractivity contribution is 5.89. The second kappa shape index (κ2) is 10.4. The molecule has 0 N–H and O–H groups in total. The molecule has 2 aromatic carbocycles. The molecule has 26 heavy (non-hydrogen) atoms. The zero-order valence-electron chi connectivity index (χ0n) is 15.4. The SMILES string of the molecule is C[C@H](CCOC(=O)c1ccccc1)C[C@H](C)COC(=O)c1ccccc1. The normalized spacial score (nSPS) is 12.8. The summed E-state index contributed by atoms with van der Waals surface area (Å²) >= 11 is 0. The monoisotopic (exact) mass is 354 g/mol. The second-order valence-electron chi connectivity index (χ2n) is 6.70. The minimum absolute atomic E-state index is 0.252. The highest BCUT2D eigenvalue weighted by Crippen LogP contribution is 2.16. The van der Waals surface area contributed by atoms with Crippen LogP contribution in [-0.4, -0.2) is 25.2 Å². The lowest BCUT2D eigenvalue weighted by Gasteiger charge is -2.17.